The van der Waals surface area contributed by atoms with Gasteiger partial charge in [0.2, 0.25) is 5.91 Å². The van der Waals surface area contributed by atoms with Crippen LogP contribution in [0.4, 0.5) is 0 Å². The minimum Gasteiger partial charge on any atom is -0.469 e. The molecule has 0 aromatic heterocycles. The van der Waals surface area contributed by atoms with E-state index in [1.165, 1.54) is 14.2 Å². The highest BCUT2D eigenvalue weighted by Gasteiger charge is 2.35. The lowest BCUT2D eigenvalue weighted by Crippen LogP contribution is -2.50. The number of hydrogen-bond donors (Lipinski definition) is 1. The number of hydrogen-bond acceptors (Lipinski definition) is 5. The highest BCUT2D eigenvalue weighted by molar-refractivity contribution is 7.86. The fraction of sp³-hybridized carbons (Fsp3) is 0.833. The van der Waals surface area contributed by atoms with Crippen molar-refractivity contribution in [3.05, 3.63) is 0 Å². The third-order valence-corrected chi connectivity index (χ3v) is 5.58. The molecule has 0 saturated heterocycles. The van der Waals surface area contributed by atoms with Crippen LogP contribution in [-0.4, -0.2) is 62.2 Å². The first-order valence-electron chi connectivity index (χ1n) is 6.87. The first-order valence-corrected chi connectivity index (χ1v) is 8.27. The van der Waals surface area contributed by atoms with Crippen LogP contribution in [0.15, 0.2) is 0 Å². The van der Waals surface area contributed by atoms with E-state index in [4.69, 9.17) is 5.73 Å². The molecule has 0 atom stereocenters. The number of primary amides is 1. The van der Waals surface area contributed by atoms with Crippen molar-refractivity contribution >= 4 is 22.1 Å². The topological polar surface area (TPSA) is 110 Å². The van der Waals surface area contributed by atoms with Gasteiger partial charge in [-0.1, -0.05) is 12.8 Å². The molecule has 2 N–H and O–H groups in total. The van der Waals surface area contributed by atoms with Gasteiger partial charge in [-0.15, -0.1) is 0 Å². The number of nitrogens with zero attached hydrogens (tertiary/aromatic N) is 2. The highest BCUT2D eigenvalue weighted by Crippen LogP contribution is 2.26. The Bertz CT molecular complexity index is 473. The molecule has 0 radical (unpaired) electrons. The molecule has 0 heterocycles. The molecule has 1 aliphatic rings. The third-order valence-electron chi connectivity index (χ3n) is 3.59. The molecule has 1 amide bonds. The summed E-state index contributed by atoms with van der Waals surface area (Å²) in [5, 5.41) is 0. The minimum atomic E-state index is -3.83. The summed E-state index contributed by atoms with van der Waals surface area (Å²) in [4.78, 5) is 22.3. The van der Waals surface area contributed by atoms with Crippen LogP contribution in [0.25, 0.3) is 0 Å². The predicted molar refractivity (Wildman–Crippen MR) is 76.3 cm³/mol. The fourth-order valence-corrected chi connectivity index (χ4v) is 3.95. The number of esters is 1. The lowest BCUT2D eigenvalue weighted by Gasteiger charge is -2.30. The second kappa shape index (κ2) is 7.71. The molecule has 1 saturated carbocycles. The maximum atomic E-state index is 12.5. The Kier molecular flexibility index (Phi) is 6.56. The predicted octanol–water partition coefficient (Wildman–Crippen LogP) is -0.544. The molecule has 8 nitrogen and oxygen atoms in total. The number of amides is 1. The molecule has 1 fully saturated rings. The Morgan fingerprint density at radius 2 is 1.86 bits per heavy atom. The van der Waals surface area contributed by atoms with Gasteiger partial charge < -0.3 is 10.5 Å². The van der Waals surface area contributed by atoms with Gasteiger partial charge in [-0.3, -0.25) is 9.59 Å². The Labute approximate surface area is 125 Å². The van der Waals surface area contributed by atoms with Crippen molar-refractivity contribution in [2.75, 3.05) is 27.2 Å². The summed E-state index contributed by atoms with van der Waals surface area (Å²) in [6.45, 7) is -0.341. The van der Waals surface area contributed by atoms with E-state index in [1.54, 1.807) is 0 Å². The number of rotatable bonds is 8. The second-order valence-corrected chi connectivity index (χ2v) is 7.09. The maximum absolute atomic E-state index is 12.5. The number of carbonyl (C=O) groups excluding carboxylic acids is 2. The number of ether oxygens (including phenoxy) is 1. The Morgan fingerprint density at radius 1 is 1.29 bits per heavy atom. The zero-order chi connectivity index (χ0) is 16.0. The SMILES string of the molecule is COC(=O)CCN(C)S(=O)(=O)N(CC(N)=O)C1CCCC1. The van der Waals surface area contributed by atoms with Gasteiger partial charge in [0.25, 0.3) is 10.2 Å². The van der Waals surface area contributed by atoms with Crippen LogP contribution in [0.5, 0.6) is 0 Å². The van der Waals surface area contributed by atoms with Crippen LogP contribution in [0.1, 0.15) is 32.1 Å². The molecule has 0 aliphatic heterocycles. The lowest BCUT2D eigenvalue weighted by molar-refractivity contribution is -0.140. The van der Waals surface area contributed by atoms with Gasteiger partial charge in [-0.05, 0) is 12.8 Å². The second-order valence-electron chi connectivity index (χ2n) is 5.11. The summed E-state index contributed by atoms with van der Waals surface area (Å²) < 4.78 is 31.8. The molecule has 0 bridgehead atoms. The van der Waals surface area contributed by atoms with Gasteiger partial charge in [0.1, 0.15) is 0 Å². The van der Waals surface area contributed by atoms with E-state index in [1.807, 2.05) is 0 Å². The van der Waals surface area contributed by atoms with Crippen LogP contribution in [0.2, 0.25) is 0 Å². The molecule has 0 aromatic rings. The minimum absolute atomic E-state index is 0.00299. The smallest absolute Gasteiger partial charge is 0.306 e. The number of carbonyl (C=O) groups is 2. The van der Waals surface area contributed by atoms with Crippen LogP contribution >= 0.6 is 0 Å². The monoisotopic (exact) mass is 321 g/mol. The molecule has 21 heavy (non-hydrogen) atoms. The summed E-state index contributed by atoms with van der Waals surface area (Å²) in [6, 6.07) is -0.205. The molecular formula is C12H23N3O5S. The van der Waals surface area contributed by atoms with Crippen LogP contribution < -0.4 is 5.73 Å². The highest BCUT2D eigenvalue weighted by atomic mass is 32.2. The standard InChI is InChI=1S/C12H23N3O5S/c1-14(8-7-12(17)20-2)21(18,19)15(9-11(13)16)10-5-3-4-6-10/h10H,3-9H2,1-2H3,(H2,13,16). The van der Waals surface area contributed by atoms with E-state index in [0.29, 0.717) is 0 Å². The van der Waals surface area contributed by atoms with E-state index < -0.39 is 22.1 Å². The van der Waals surface area contributed by atoms with Crippen molar-refractivity contribution < 1.29 is 22.7 Å². The Balaban J connectivity index is 2.81. The largest absolute Gasteiger partial charge is 0.469 e. The van der Waals surface area contributed by atoms with Crippen LogP contribution in [0.3, 0.4) is 0 Å². The van der Waals surface area contributed by atoms with E-state index in [0.717, 1.165) is 34.3 Å². The number of nitrogens with two attached hydrogens (primary N) is 1. The van der Waals surface area contributed by atoms with Crippen LogP contribution in [0, 0.1) is 0 Å². The quantitative estimate of drug-likeness (QED) is 0.604. The summed E-state index contributed by atoms with van der Waals surface area (Å²) in [5.41, 5.74) is 5.16. The van der Waals surface area contributed by atoms with Gasteiger partial charge in [-0.2, -0.15) is 17.0 Å². The molecule has 1 rings (SSSR count). The lowest BCUT2D eigenvalue weighted by atomic mass is 10.2. The molecular weight excluding hydrogens is 298 g/mol. The Morgan fingerprint density at radius 3 is 2.33 bits per heavy atom. The molecule has 0 aromatic carbocycles. The summed E-state index contributed by atoms with van der Waals surface area (Å²) in [6.07, 6.45) is 3.26. The van der Waals surface area contributed by atoms with Crippen molar-refractivity contribution in [2.24, 2.45) is 5.73 Å². The van der Waals surface area contributed by atoms with Crippen molar-refractivity contribution in [2.45, 2.75) is 38.1 Å². The van der Waals surface area contributed by atoms with Crippen LogP contribution in [-0.2, 0) is 24.5 Å². The van der Waals surface area contributed by atoms with Gasteiger partial charge >= 0.3 is 5.97 Å². The van der Waals surface area contributed by atoms with Gasteiger partial charge in [0, 0.05) is 19.6 Å². The van der Waals surface area contributed by atoms with Crippen molar-refractivity contribution in [1.82, 2.24) is 8.61 Å². The van der Waals surface area contributed by atoms with Gasteiger partial charge in [-0.25, -0.2) is 0 Å². The van der Waals surface area contributed by atoms with Crippen molar-refractivity contribution in [3.63, 3.8) is 0 Å². The summed E-state index contributed by atoms with van der Waals surface area (Å²) in [7, 11) is -1.20. The molecule has 1 aliphatic carbocycles. The zero-order valence-electron chi connectivity index (χ0n) is 12.4. The molecule has 0 spiro atoms. The molecule has 122 valence electrons. The van der Waals surface area contributed by atoms with E-state index in [2.05, 4.69) is 4.74 Å². The maximum Gasteiger partial charge on any atom is 0.306 e. The zero-order valence-corrected chi connectivity index (χ0v) is 13.3. The Hall–Kier alpha value is -1.19. The van der Waals surface area contributed by atoms with Crippen molar-refractivity contribution in [1.29, 1.82) is 0 Å². The van der Waals surface area contributed by atoms with Crippen molar-refractivity contribution in [3.8, 4) is 0 Å². The first-order chi connectivity index (χ1) is 9.78. The van der Waals surface area contributed by atoms with Gasteiger partial charge in [0.15, 0.2) is 0 Å². The van der Waals surface area contributed by atoms with Gasteiger partial charge in [0.05, 0.1) is 20.1 Å². The normalized spacial score (nSPS) is 16.6. The van der Waals surface area contributed by atoms with E-state index in [9.17, 15) is 18.0 Å². The molecule has 0 unspecified atom stereocenters. The van der Waals surface area contributed by atoms with E-state index in [-0.39, 0.29) is 25.6 Å². The average molecular weight is 321 g/mol. The first kappa shape index (κ1) is 17.9. The summed E-state index contributed by atoms with van der Waals surface area (Å²) in [5.74, 6) is -1.17. The summed E-state index contributed by atoms with van der Waals surface area (Å²) >= 11 is 0. The fourth-order valence-electron chi connectivity index (χ4n) is 2.39. The average Bonchev–Trinajstić information content (AvgIpc) is 2.94. The molecule has 9 heteroatoms. The third kappa shape index (κ3) is 4.94. The number of methoxy groups -OCH3 is 1. The van der Waals surface area contributed by atoms with E-state index >= 15 is 0 Å².